The molecule has 0 radical (unpaired) electrons. The Morgan fingerprint density at radius 3 is 2.85 bits per heavy atom. The van der Waals surface area contributed by atoms with Crippen LogP contribution in [0.15, 0.2) is 35.1 Å². The number of anilines is 1. The van der Waals surface area contributed by atoms with Gasteiger partial charge in [0.05, 0.1) is 10.7 Å². The maximum Gasteiger partial charge on any atom is 0.319 e. The van der Waals surface area contributed by atoms with Crippen molar-refractivity contribution in [1.29, 1.82) is 0 Å². The molecule has 0 aliphatic heterocycles. The first-order chi connectivity index (χ1) is 12.5. The fraction of sp³-hybridized carbons (Fsp3) is 0.312. The second-order valence-corrected chi connectivity index (χ2v) is 6.46. The summed E-state index contributed by atoms with van der Waals surface area (Å²) >= 11 is 6.07. The van der Waals surface area contributed by atoms with E-state index in [4.69, 9.17) is 16.1 Å². The zero-order valence-electron chi connectivity index (χ0n) is 14.2. The van der Waals surface area contributed by atoms with Gasteiger partial charge >= 0.3 is 6.03 Å². The molecular formula is C16H18ClN7O2. The first-order valence-electron chi connectivity index (χ1n) is 8.04. The lowest BCUT2D eigenvalue weighted by Crippen LogP contribution is -2.33. The minimum Gasteiger partial charge on any atom is -0.337 e. The van der Waals surface area contributed by atoms with Crippen molar-refractivity contribution in [3.63, 3.8) is 0 Å². The Balaban J connectivity index is 1.74. The number of carbonyl (C=O) groups excluding carboxylic acids is 1. The number of carbonyl (C=O) groups is 1. The van der Waals surface area contributed by atoms with Crippen molar-refractivity contribution in [3.8, 4) is 11.6 Å². The van der Waals surface area contributed by atoms with Gasteiger partial charge in [-0.3, -0.25) is 5.10 Å². The van der Waals surface area contributed by atoms with Crippen LogP contribution in [0, 0.1) is 5.92 Å². The fourth-order valence-electron chi connectivity index (χ4n) is 2.36. The SMILES string of the molecule is CC(C)C[C@H](NC(=O)Nc1ccccc1Cl)c1nc(-c2ncn[nH]2)no1. The van der Waals surface area contributed by atoms with E-state index in [-0.39, 0.29) is 5.82 Å². The third kappa shape index (κ3) is 4.37. The molecular weight excluding hydrogens is 358 g/mol. The van der Waals surface area contributed by atoms with E-state index in [1.165, 1.54) is 6.33 Å². The Bertz CT molecular complexity index is 863. The van der Waals surface area contributed by atoms with Crippen LogP contribution in [0.1, 0.15) is 32.2 Å². The summed E-state index contributed by atoms with van der Waals surface area (Å²) in [5.74, 6) is 1.25. The van der Waals surface area contributed by atoms with Gasteiger partial charge in [-0.25, -0.2) is 9.78 Å². The minimum atomic E-state index is -0.457. The maximum atomic E-state index is 12.4. The lowest BCUT2D eigenvalue weighted by atomic mass is 10.0. The number of nitrogens with one attached hydrogen (secondary N) is 3. The first-order valence-corrected chi connectivity index (χ1v) is 8.42. The number of amides is 2. The number of aromatic amines is 1. The second kappa shape index (κ2) is 7.96. The Labute approximate surface area is 154 Å². The van der Waals surface area contributed by atoms with Crippen molar-refractivity contribution < 1.29 is 9.32 Å². The number of rotatable bonds is 6. The number of halogens is 1. The summed E-state index contributed by atoms with van der Waals surface area (Å²) in [5, 5.41) is 16.3. The maximum absolute atomic E-state index is 12.4. The quantitative estimate of drug-likeness (QED) is 0.606. The molecule has 3 rings (SSSR count). The number of hydrogen-bond acceptors (Lipinski definition) is 6. The van der Waals surface area contributed by atoms with Gasteiger partial charge in [-0.2, -0.15) is 10.1 Å². The smallest absolute Gasteiger partial charge is 0.319 e. The van der Waals surface area contributed by atoms with E-state index >= 15 is 0 Å². The molecule has 3 N–H and O–H groups in total. The van der Waals surface area contributed by atoms with Crippen LogP contribution >= 0.6 is 11.6 Å². The molecule has 1 atom stereocenters. The highest BCUT2D eigenvalue weighted by Crippen LogP contribution is 2.23. The van der Waals surface area contributed by atoms with Gasteiger partial charge in [0.1, 0.15) is 12.4 Å². The molecule has 2 heterocycles. The molecule has 0 spiro atoms. The van der Waals surface area contributed by atoms with Gasteiger partial charge in [0.2, 0.25) is 11.7 Å². The summed E-state index contributed by atoms with van der Waals surface area (Å²) < 4.78 is 5.31. The van der Waals surface area contributed by atoms with Crippen molar-refractivity contribution in [2.75, 3.05) is 5.32 Å². The van der Waals surface area contributed by atoms with Crippen LogP contribution in [0.4, 0.5) is 10.5 Å². The number of para-hydroxylation sites is 1. The molecule has 10 heteroatoms. The number of benzene rings is 1. The van der Waals surface area contributed by atoms with E-state index < -0.39 is 12.1 Å². The second-order valence-electron chi connectivity index (χ2n) is 6.05. The highest BCUT2D eigenvalue weighted by Gasteiger charge is 2.23. The Morgan fingerprint density at radius 2 is 2.15 bits per heavy atom. The number of nitrogens with zero attached hydrogens (tertiary/aromatic N) is 4. The van der Waals surface area contributed by atoms with Crippen molar-refractivity contribution in [1.82, 2.24) is 30.6 Å². The van der Waals surface area contributed by atoms with E-state index in [0.29, 0.717) is 34.8 Å². The van der Waals surface area contributed by atoms with Crippen molar-refractivity contribution in [2.24, 2.45) is 5.92 Å². The third-order valence-corrected chi connectivity index (χ3v) is 3.83. The van der Waals surface area contributed by atoms with Crippen LogP contribution in [0.5, 0.6) is 0 Å². The lowest BCUT2D eigenvalue weighted by Gasteiger charge is -2.17. The first kappa shape index (κ1) is 17.9. The summed E-state index contributed by atoms with van der Waals surface area (Å²) in [6.45, 7) is 4.07. The van der Waals surface area contributed by atoms with Crippen LogP contribution in [0.2, 0.25) is 5.02 Å². The summed E-state index contributed by atoms with van der Waals surface area (Å²) in [6.07, 6.45) is 1.97. The van der Waals surface area contributed by atoms with Crippen molar-refractivity contribution >= 4 is 23.3 Å². The van der Waals surface area contributed by atoms with E-state index in [1.54, 1.807) is 24.3 Å². The molecule has 0 saturated heterocycles. The molecule has 0 fully saturated rings. The average Bonchev–Trinajstić information content (AvgIpc) is 3.27. The van der Waals surface area contributed by atoms with Crippen LogP contribution < -0.4 is 10.6 Å². The summed E-state index contributed by atoms with van der Waals surface area (Å²) in [7, 11) is 0. The van der Waals surface area contributed by atoms with Gasteiger partial charge in [0.15, 0.2) is 5.82 Å². The number of H-pyrrole nitrogens is 1. The van der Waals surface area contributed by atoms with E-state index in [9.17, 15) is 4.79 Å². The number of hydrogen-bond donors (Lipinski definition) is 3. The molecule has 2 amide bonds. The molecule has 136 valence electrons. The van der Waals surface area contributed by atoms with Crippen LogP contribution in [-0.2, 0) is 0 Å². The van der Waals surface area contributed by atoms with Gasteiger partial charge in [-0.1, -0.05) is 42.7 Å². The summed E-state index contributed by atoms with van der Waals surface area (Å²) in [4.78, 5) is 20.7. The normalized spacial score (nSPS) is 12.2. The van der Waals surface area contributed by atoms with Crippen LogP contribution in [0.3, 0.4) is 0 Å². The molecule has 1 aromatic carbocycles. The predicted octanol–water partition coefficient (Wildman–Crippen LogP) is 3.42. The highest BCUT2D eigenvalue weighted by molar-refractivity contribution is 6.33. The van der Waals surface area contributed by atoms with Gasteiger partial charge in [-0.15, -0.1) is 0 Å². The zero-order chi connectivity index (χ0) is 18.5. The summed E-state index contributed by atoms with van der Waals surface area (Å²) in [6, 6.07) is 6.12. The third-order valence-electron chi connectivity index (χ3n) is 3.50. The minimum absolute atomic E-state index is 0.277. The molecule has 26 heavy (non-hydrogen) atoms. The lowest BCUT2D eigenvalue weighted by molar-refractivity contribution is 0.240. The van der Waals surface area contributed by atoms with E-state index in [1.807, 2.05) is 13.8 Å². The Kier molecular flexibility index (Phi) is 5.47. The van der Waals surface area contributed by atoms with Crippen LogP contribution in [0.25, 0.3) is 11.6 Å². The number of urea groups is 1. The zero-order valence-corrected chi connectivity index (χ0v) is 15.0. The molecule has 0 bridgehead atoms. The molecule has 9 nitrogen and oxygen atoms in total. The van der Waals surface area contributed by atoms with Gasteiger partial charge in [-0.05, 0) is 24.5 Å². The highest BCUT2D eigenvalue weighted by atomic mass is 35.5. The van der Waals surface area contributed by atoms with E-state index in [2.05, 4.69) is 36.0 Å². The largest absolute Gasteiger partial charge is 0.337 e. The Morgan fingerprint density at radius 1 is 1.35 bits per heavy atom. The molecule has 2 aromatic heterocycles. The predicted molar refractivity (Wildman–Crippen MR) is 95.5 cm³/mol. The number of aromatic nitrogens is 5. The fourth-order valence-corrected chi connectivity index (χ4v) is 2.54. The Hall–Kier alpha value is -2.94. The monoisotopic (exact) mass is 375 g/mol. The average molecular weight is 376 g/mol. The van der Waals surface area contributed by atoms with Crippen LogP contribution in [-0.4, -0.2) is 31.4 Å². The van der Waals surface area contributed by atoms with Crippen molar-refractivity contribution in [2.45, 2.75) is 26.3 Å². The standard InChI is InChI=1S/C16H18ClN7O2/c1-9(2)7-12(15-22-14(24-26-15)13-18-8-19-23-13)21-16(25)20-11-6-4-3-5-10(11)17/h3-6,8-9,12H,7H2,1-2H3,(H,18,19,23)(H2,20,21,25)/t12-/m0/s1. The van der Waals surface area contributed by atoms with Gasteiger partial charge in [0, 0.05) is 0 Å². The topological polar surface area (TPSA) is 122 Å². The molecule has 0 unspecified atom stereocenters. The molecule has 0 aliphatic rings. The van der Waals surface area contributed by atoms with Gasteiger partial charge < -0.3 is 15.2 Å². The van der Waals surface area contributed by atoms with Gasteiger partial charge in [0.25, 0.3) is 0 Å². The summed E-state index contributed by atoms with van der Waals surface area (Å²) in [5.41, 5.74) is 0.517. The van der Waals surface area contributed by atoms with Crippen molar-refractivity contribution in [3.05, 3.63) is 41.5 Å². The van der Waals surface area contributed by atoms with E-state index in [0.717, 1.165) is 0 Å². The molecule has 0 aliphatic carbocycles. The molecule has 3 aromatic rings. The molecule has 0 saturated carbocycles.